The van der Waals surface area contributed by atoms with E-state index in [9.17, 15) is 22.0 Å². The van der Waals surface area contributed by atoms with E-state index >= 15 is 0 Å². The maximum Gasteiger partial charge on any atom is 0.315 e. The summed E-state index contributed by atoms with van der Waals surface area (Å²) < 4.78 is 53.2. The van der Waals surface area contributed by atoms with E-state index < -0.39 is 28.0 Å². The summed E-state index contributed by atoms with van der Waals surface area (Å²) in [6, 6.07) is 0. The topological polar surface area (TPSA) is 77.9 Å². The van der Waals surface area contributed by atoms with Crippen molar-refractivity contribution >= 4 is 16.2 Å². The van der Waals surface area contributed by atoms with Crippen LogP contribution in [0.25, 0.3) is 0 Å². The molecule has 0 unspecified atom stereocenters. The monoisotopic (exact) mass is 324 g/mol. The number of nitrogens with zero attached hydrogens (tertiary/aromatic N) is 2. The maximum absolute atomic E-state index is 13.0. The molecule has 2 heterocycles. The molecule has 0 radical (unpaired) electrons. The highest BCUT2D eigenvalue weighted by Gasteiger charge is 2.51. The Morgan fingerprint density at radius 2 is 1.76 bits per heavy atom. The number of hydrogen-bond donors (Lipinski definition) is 1. The van der Waals surface area contributed by atoms with Gasteiger partial charge in [-0.05, 0) is 19.3 Å². The van der Waals surface area contributed by atoms with Gasteiger partial charge in [0.25, 0.3) is 16.6 Å². The van der Waals surface area contributed by atoms with E-state index in [0.29, 0.717) is 13.0 Å². The second kappa shape index (κ2) is 5.98. The number of carboxylic acid groups (broad SMARTS) is 1. The summed E-state index contributed by atoms with van der Waals surface area (Å²) in [5.41, 5.74) is -2.13. The molecule has 0 aromatic carbocycles. The first-order chi connectivity index (χ1) is 9.80. The van der Waals surface area contributed by atoms with Gasteiger partial charge < -0.3 is 5.11 Å². The fourth-order valence-electron chi connectivity index (χ4n) is 2.63. The Kier molecular flexibility index (Phi) is 4.64. The fraction of sp³-hybridized carbons (Fsp3) is 0.750. The van der Waals surface area contributed by atoms with Crippen molar-refractivity contribution in [2.45, 2.75) is 25.7 Å². The van der Waals surface area contributed by atoms with Crippen molar-refractivity contribution in [1.29, 1.82) is 0 Å². The van der Waals surface area contributed by atoms with Crippen LogP contribution >= 0.6 is 0 Å². The number of piperidine rings is 1. The average Bonchev–Trinajstić information content (AvgIpc) is 2.47. The van der Waals surface area contributed by atoms with Gasteiger partial charge in [0, 0.05) is 26.2 Å². The SMILES string of the molecule is O=C(O)C1(C(F)F)CCN(S(=O)(=O)N2CC=CCC2)CC1. The standard InChI is InChI=1S/C12H18F2N2O4S/c13-10(14)12(11(17)18)4-8-16(9-5-12)21(19,20)15-6-2-1-3-7-15/h1-2,10H,3-9H2,(H,17,18). The van der Waals surface area contributed by atoms with E-state index in [4.69, 9.17) is 5.11 Å². The molecule has 0 amide bonds. The first-order valence-corrected chi connectivity index (χ1v) is 8.12. The van der Waals surface area contributed by atoms with E-state index in [1.54, 1.807) is 6.08 Å². The van der Waals surface area contributed by atoms with Crippen LogP contribution in [0.3, 0.4) is 0 Å². The van der Waals surface area contributed by atoms with E-state index in [1.165, 1.54) is 4.31 Å². The van der Waals surface area contributed by atoms with Gasteiger partial charge in [-0.1, -0.05) is 12.2 Å². The Balaban J connectivity index is 2.09. The van der Waals surface area contributed by atoms with Gasteiger partial charge in [-0.25, -0.2) is 8.78 Å². The van der Waals surface area contributed by atoms with Crippen LogP contribution in [0.5, 0.6) is 0 Å². The zero-order chi connectivity index (χ0) is 15.7. The molecule has 0 atom stereocenters. The molecule has 2 rings (SSSR count). The van der Waals surface area contributed by atoms with Gasteiger partial charge in [0.15, 0.2) is 0 Å². The van der Waals surface area contributed by atoms with Crippen LogP contribution in [0.2, 0.25) is 0 Å². The summed E-state index contributed by atoms with van der Waals surface area (Å²) in [7, 11) is -3.71. The lowest BCUT2D eigenvalue weighted by Crippen LogP contribution is -2.53. The van der Waals surface area contributed by atoms with E-state index in [2.05, 4.69) is 0 Å². The van der Waals surface area contributed by atoms with Crippen LogP contribution in [0, 0.1) is 5.41 Å². The van der Waals surface area contributed by atoms with E-state index in [0.717, 1.165) is 4.31 Å². The highest BCUT2D eigenvalue weighted by atomic mass is 32.2. The molecule has 0 aromatic heterocycles. The molecule has 0 bridgehead atoms. The average molecular weight is 324 g/mol. The Morgan fingerprint density at radius 3 is 2.19 bits per heavy atom. The van der Waals surface area contributed by atoms with Crippen LogP contribution in [-0.2, 0) is 15.0 Å². The zero-order valence-corrected chi connectivity index (χ0v) is 12.2. The first kappa shape index (κ1) is 16.3. The number of hydrogen-bond acceptors (Lipinski definition) is 3. The summed E-state index contributed by atoms with van der Waals surface area (Å²) in [6.07, 6.45) is 0.493. The molecule has 0 saturated carbocycles. The molecule has 0 aromatic rings. The molecule has 120 valence electrons. The number of carboxylic acids is 1. The van der Waals surface area contributed by atoms with Gasteiger partial charge in [0.1, 0.15) is 5.41 Å². The van der Waals surface area contributed by atoms with Crippen LogP contribution in [-0.4, -0.2) is 60.7 Å². The van der Waals surface area contributed by atoms with E-state index in [-0.39, 0.29) is 32.5 Å². The molecule has 1 saturated heterocycles. The van der Waals surface area contributed by atoms with Crippen molar-refractivity contribution < 1.29 is 27.1 Å². The van der Waals surface area contributed by atoms with Crippen molar-refractivity contribution in [3.05, 3.63) is 12.2 Å². The summed E-state index contributed by atoms with van der Waals surface area (Å²) >= 11 is 0. The summed E-state index contributed by atoms with van der Waals surface area (Å²) in [4.78, 5) is 11.1. The molecule has 21 heavy (non-hydrogen) atoms. The number of rotatable bonds is 4. The number of halogens is 2. The third kappa shape index (κ3) is 2.95. The normalized spacial score (nSPS) is 24.3. The Morgan fingerprint density at radius 1 is 1.14 bits per heavy atom. The van der Waals surface area contributed by atoms with Gasteiger partial charge >= 0.3 is 5.97 Å². The Hall–Kier alpha value is -1.06. The molecule has 2 aliphatic heterocycles. The van der Waals surface area contributed by atoms with Gasteiger partial charge in [0.2, 0.25) is 0 Å². The molecule has 2 aliphatic rings. The highest BCUT2D eigenvalue weighted by molar-refractivity contribution is 7.86. The minimum absolute atomic E-state index is 0.195. The predicted octanol–water partition coefficient (Wildman–Crippen LogP) is 0.925. The molecule has 0 spiro atoms. The van der Waals surface area contributed by atoms with Gasteiger partial charge in [-0.3, -0.25) is 4.79 Å². The third-order valence-electron chi connectivity index (χ3n) is 4.13. The van der Waals surface area contributed by atoms with Gasteiger partial charge in [-0.15, -0.1) is 0 Å². The van der Waals surface area contributed by atoms with Crippen LogP contribution in [0.4, 0.5) is 8.78 Å². The van der Waals surface area contributed by atoms with Gasteiger partial charge in [0.05, 0.1) is 0 Å². The third-order valence-corrected chi connectivity index (χ3v) is 6.13. The lowest BCUT2D eigenvalue weighted by molar-refractivity contribution is -0.163. The summed E-state index contributed by atoms with van der Waals surface area (Å²) in [5.74, 6) is -1.56. The molecule has 9 heteroatoms. The van der Waals surface area contributed by atoms with Crippen LogP contribution in [0.1, 0.15) is 19.3 Å². The Bertz CT molecular complexity index is 527. The molecule has 1 fully saturated rings. The smallest absolute Gasteiger partial charge is 0.315 e. The molecular weight excluding hydrogens is 306 g/mol. The van der Waals surface area contributed by atoms with Gasteiger partial charge in [-0.2, -0.15) is 17.0 Å². The largest absolute Gasteiger partial charge is 0.481 e. The zero-order valence-electron chi connectivity index (χ0n) is 11.4. The second-order valence-corrected chi connectivity index (χ2v) is 7.22. The van der Waals surface area contributed by atoms with E-state index in [1.807, 2.05) is 6.08 Å². The quantitative estimate of drug-likeness (QED) is 0.780. The van der Waals surface area contributed by atoms with Crippen molar-refractivity contribution in [2.24, 2.45) is 5.41 Å². The molecule has 0 aliphatic carbocycles. The summed E-state index contributed by atoms with van der Waals surface area (Å²) in [6.45, 7) is 0.227. The minimum atomic E-state index is -3.71. The van der Waals surface area contributed by atoms with Crippen molar-refractivity contribution in [3.63, 3.8) is 0 Å². The lowest BCUT2D eigenvalue weighted by Gasteiger charge is -2.39. The van der Waals surface area contributed by atoms with Crippen molar-refractivity contribution in [1.82, 2.24) is 8.61 Å². The molecular formula is C12H18F2N2O4S. The first-order valence-electron chi connectivity index (χ1n) is 6.72. The Labute approximate surface area is 122 Å². The van der Waals surface area contributed by atoms with Crippen LogP contribution < -0.4 is 0 Å². The fourth-order valence-corrected chi connectivity index (χ4v) is 4.22. The molecule has 1 N–H and O–H groups in total. The molecule has 6 nitrogen and oxygen atoms in total. The predicted molar refractivity (Wildman–Crippen MR) is 71.1 cm³/mol. The number of aliphatic carboxylic acids is 1. The summed E-state index contributed by atoms with van der Waals surface area (Å²) in [5, 5.41) is 9.03. The highest BCUT2D eigenvalue weighted by Crippen LogP contribution is 2.39. The second-order valence-electron chi connectivity index (χ2n) is 5.29. The number of carbonyl (C=O) groups is 1. The van der Waals surface area contributed by atoms with Crippen molar-refractivity contribution in [2.75, 3.05) is 26.2 Å². The lowest BCUT2D eigenvalue weighted by atomic mass is 9.79. The van der Waals surface area contributed by atoms with Crippen molar-refractivity contribution in [3.8, 4) is 0 Å². The van der Waals surface area contributed by atoms with Crippen LogP contribution in [0.15, 0.2) is 12.2 Å². The maximum atomic E-state index is 13.0. The minimum Gasteiger partial charge on any atom is -0.481 e. The number of alkyl halides is 2.